The monoisotopic (exact) mass is 195 g/mol. The van der Waals surface area contributed by atoms with Crippen LogP contribution in [0.3, 0.4) is 0 Å². The van der Waals surface area contributed by atoms with Gasteiger partial charge < -0.3 is 9.57 Å². The van der Waals surface area contributed by atoms with Gasteiger partial charge in [-0.1, -0.05) is 12.1 Å². The number of benzene rings is 1. The fourth-order valence-corrected chi connectivity index (χ4v) is 1.16. The van der Waals surface area contributed by atoms with Gasteiger partial charge in [-0.05, 0) is 31.5 Å². The van der Waals surface area contributed by atoms with Crippen LogP contribution in [0.15, 0.2) is 24.3 Å². The normalized spacial score (nSPS) is 10.6. The second-order valence-corrected chi connectivity index (χ2v) is 3.34. The average Bonchev–Trinajstić information content (AvgIpc) is 2.14. The summed E-state index contributed by atoms with van der Waals surface area (Å²) in [6.07, 6.45) is 0.209. The average molecular weight is 195 g/mol. The quantitative estimate of drug-likeness (QED) is 0.730. The molecule has 3 nitrogen and oxygen atoms in total. The lowest BCUT2D eigenvalue weighted by atomic mass is 10.2. The standard InChI is InChI=1S/C11H17NO2/c1-9(2)14-11-6-4-5-10(7-11)8-12-13-3/h4-7,9,12H,8H2,1-3H3. The molecule has 1 aromatic rings. The van der Waals surface area contributed by atoms with E-state index in [1.54, 1.807) is 7.11 Å². The highest BCUT2D eigenvalue weighted by Gasteiger charge is 1.98. The Bertz CT molecular complexity index is 274. The summed E-state index contributed by atoms with van der Waals surface area (Å²) >= 11 is 0. The third-order valence-electron chi connectivity index (χ3n) is 1.69. The van der Waals surface area contributed by atoms with E-state index in [1.165, 1.54) is 0 Å². The smallest absolute Gasteiger partial charge is 0.120 e. The Morgan fingerprint density at radius 2 is 2.14 bits per heavy atom. The summed E-state index contributed by atoms with van der Waals surface area (Å²) in [5, 5.41) is 0. The lowest BCUT2D eigenvalue weighted by molar-refractivity contribution is 0.0866. The molecule has 0 bridgehead atoms. The molecule has 1 aromatic carbocycles. The Kier molecular flexibility index (Phi) is 4.43. The summed E-state index contributed by atoms with van der Waals surface area (Å²) < 4.78 is 5.57. The molecule has 0 amide bonds. The van der Waals surface area contributed by atoms with Gasteiger partial charge >= 0.3 is 0 Å². The van der Waals surface area contributed by atoms with Crippen molar-refractivity contribution in [2.75, 3.05) is 7.11 Å². The Morgan fingerprint density at radius 3 is 2.79 bits per heavy atom. The first kappa shape index (κ1) is 11.0. The van der Waals surface area contributed by atoms with Gasteiger partial charge in [0.1, 0.15) is 5.75 Å². The Balaban J connectivity index is 2.59. The largest absolute Gasteiger partial charge is 0.491 e. The second kappa shape index (κ2) is 5.62. The number of nitrogens with one attached hydrogen (secondary N) is 1. The molecular weight excluding hydrogens is 178 g/mol. The molecular formula is C11H17NO2. The molecule has 0 saturated carbocycles. The van der Waals surface area contributed by atoms with Crippen molar-refractivity contribution in [2.45, 2.75) is 26.5 Å². The molecule has 0 atom stereocenters. The minimum Gasteiger partial charge on any atom is -0.491 e. The maximum Gasteiger partial charge on any atom is 0.120 e. The van der Waals surface area contributed by atoms with Crippen molar-refractivity contribution in [2.24, 2.45) is 0 Å². The number of hydroxylamine groups is 1. The van der Waals surface area contributed by atoms with Crippen LogP contribution in [0.25, 0.3) is 0 Å². The summed E-state index contributed by atoms with van der Waals surface area (Å²) in [5.41, 5.74) is 3.93. The lowest BCUT2D eigenvalue weighted by Crippen LogP contribution is -2.11. The number of hydrogen-bond donors (Lipinski definition) is 1. The van der Waals surface area contributed by atoms with Crippen molar-refractivity contribution < 1.29 is 9.57 Å². The highest BCUT2D eigenvalue weighted by molar-refractivity contribution is 5.28. The predicted molar refractivity (Wildman–Crippen MR) is 56.1 cm³/mol. The van der Waals surface area contributed by atoms with Crippen LogP contribution in [0, 0.1) is 0 Å². The molecule has 0 aliphatic carbocycles. The van der Waals surface area contributed by atoms with Crippen LogP contribution in [0.5, 0.6) is 5.75 Å². The van der Waals surface area contributed by atoms with E-state index < -0.39 is 0 Å². The van der Waals surface area contributed by atoms with Crippen LogP contribution >= 0.6 is 0 Å². The first-order chi connectivity index (χ1) is 6.72. The molecule has 0 spiro atoms. The zero-order valence-corrected chi connectivity index (χ0v) is 8.91. The van der Waals surface area contributed by atoms with Gasteiger partial charge in [-0.3, -0.25) is 0 Å². The topological polar surface area (TPSA) is 30.5 Å². The van der Waals surface area contributed by atoms with Crippen molar-refractivity contribution in [3.8, 4) is 5.75 Å². The minimum absolute atomic E-state index is 0.209. The Morgan fingerprint density at radius 1 is 1.36 bits per heavy atom. The lowest BCUT2D eigenvalue weighted by Gasteiger charge is -2.10. The first-order valence-corrected chi connectivity index (χ1v) is 4.74. The fraction of sp³-hybridized carbons (Fsp3) is 0.455. The molecule has 0 aliphatic rings. The van der Waals surface area contributed by atoms with Gasteiger partial charge in [0.05, 0.1) is 13.2 Å². The zero-order chi connectivity index (χ0) is 10.4. The van der Waals surface area contributed by atoms with Crippen LogP contribution < -0.4 is 10.2 Å². The maximum atomic E-state index is 5.57. The van der Waals surface area contributed by atoms with Crippen LogP contribution in [0.1, 0.15) is 19.4 Å². The van der Waals surface area contributed by atoms with E-state index in [4.69, 9.17) is 9.57 Å². The van der Waals surface area contributed by atoms with E-state index >= 15 is 0 Å². The molecule has 0 heterocycles. The van der Waals surface area contributed by atoms with E-state index in [0.717, 1.165) is 11.3 Å². The number of hydrogen-bond acceptors (Lipinski definition) is 3. The third-order valence-corrected chi connectivity index (χ3v) is 1.69. The number of ether oxygens (including phenoxy) is 1. The zero-order valence-electron chi connectivity index (χ0n) is 8.91. The fourth-order valence-electron chi connectivity index (χ4n) is 1.16. The van der Waals surface area contributed by atoms with E-state index in [0.29, 0.717) is 6.54 Å². The van der Waals surface area contributed by atoms with Gasteiger partial charge in [0.25, 0.3) is 0 Å². The van der Waals surface area contributed by atoms with Crippen molar-refractivity contribution >= 4 is 0 Å². The molecule has 14 heavy (non-hydrogen) atoms. The minimum atomic E-state index is 0.209. The summed E-state index contributed by atoms with van der Waals surface area (Å²) in [4.78, 5) is 4.78. The van der Waals surface area contributed by atoms with E-state index in [1.807, 2.05) is 38.1 Å². The highest BCUT2D eigenvalue weighted by atomic mass is 16.6. The van der Waals surface area contributed by atoms with Crippen LogP contribution in [-0.2, 0) is 11.4 Å². The molecule has 1 N–H and O–H groups in total. The third kappa shape index (κ3) is 3.77. The molecule has 1 rings (SSSR count). The molecule has 0 aliphatic heterocycles. The van der Waals surface area contributed by atoms with Gasteiger partial charge in [0, 0.05) is 6.54 Å². The van der Waals surface area contributed by atoms with Gasteiger partial charge in [0.15, 0.2) is 0 Å². The Hall–Kier alpha value is -1.06. The van der Waals surface area contributed by atoms with E-state index in [9.17, 15) is 0 Å². The summed E-state index contributed by atoms with van der Waals surface area (Å²) in [6, 6.07) is 7.96. The molecule has 3 heteroatoms. The van der Waals surface area contributed by atoms with Crippen molar-refractivity contribution in [3.05, 3.63) is 29.8 Å². The van der Waals surface area contributed by atoms with Crippen LogP contribution in [0.4, 0.5) is 0 Å². The summed E-state index contributed by atoms with van der Waals surface area (Å²) in [6.45, 7) is 4.71. The van der Waals surface area contributed by atoms with E-state index in [-0.39, 0.29) is 6.10 Å². The maximum absolute atomic E-state index is 5.57. The van der Waals surface area contributed by atoms with Gasteiger partial charge in [-0.25, -0.2) is 0 Å². The molecule has 0 radical (unpaired) electrons. The first-order valence-electron chi connectivity index (χ1n) is 4.74. The molecule has 0 fully saturated rings. The van der Waals surface area contributed by atoms with Gasteiger partial charge in [-0.2, -0.15) is 5.48 Å². The molecule has 0 saturated heterocycles. The Labute approximate surface area is 85.0 Å². The van der Waals surface area contributed by atoms with Crippen molar-refractivity contribution in [3.63, 3.8) is 0 Å². The van der Waals surface area contributed by atoms with Crippen molar-refractivity contribution in [1.29, 1.82) is 0 Å². The SMILES string of the molecule is CONCc1cccc(OC(C)C)c1. The molecule has 0 unspecified atom stereocenters. The summed E-state index contributed by atoms with van der Waals surface area (Å²) in [7, 11) is 1.61. The number of rotatable bonds is 5. The molecule has 78 valence electrons. The highest BCUT2D eigenvalue weighted by Crippen LogP contribution is 2.14. The second-order valence-electron chi connectivity index (χ2n) is 3.34. The predicted octanol–water partition coefficient (Wildman–Crippen LogP) is 2.12. The van der Waals surface area contributed by atoms with Gasteiger partial charge in [-0.15, -0.1) is 0 Å². The summed E-state index contributed by atoms with van der Waals surface area (Å²) in [5.74, 6) is 0.899. The molecule has 0 aromatic heterocycles. The van der Waals surface area contributed by atoms with Crippen molar-refractivity contribution in [1.82, 2.24) is 5.48 Å². The van der Waals surface area contributed by atoms with Gasteiger partial charge in [0.2, 0.25) is 0 Å². The van der Waals surface area contributed by atoms with E-state index in [2.05, 4.69) is 5.48 Å². The van der Waals surface area contributed by atoms with Crippen LogP contribution in [0.2, 0.25) is 0 Å². The van der Waals surface area contributed by atoms with Crippen LogP contribution in [-0.4, -0.2) is 13.2 Å².